The van der Waals surface area contributed by atoms with Crippen molar-refractivity contribution in [2.45, 2.75) is 5.41 Å². The van der Waals surface area contributed by atoms with Crippen LogP contribution < -0.4 is 4.90 Å². The Morgan fingerprint density at radius 1 is 0.532 bits per heavy atom. The first-order chi connectivity index (χ1) is 23.3. The number of hydrogen-bond acceptors (Lipinski definition) is 3. The third-order valence-corrected chi connectivity index (χ3v) is 9.55. The van der Waals surface area contributed by atoms with Crippen LogP contribution in [0.25, 0.3) is 27.5 Å². The Balaban J connectivity index is 1.31. The van der Waals surface area contributed by atoms with Crippen molar-refractivity contribution in [1.29, 1.82) is 5.26 Å². The molecule has 3 heterocycles. The molecule has 0 saturated carbocycles. The van der Waals surface area contributed by atoms with E-state index in [4.69, 9.17) is 0 Å². The molecule has 9 rings (SSSR count). The van der Waals surface area contributed by atoms with Crippen LogP contribution in [0, 0.1) is 11.3 Å². The van der Waals surface area contributed by atoms with Gasteiger partial charge in [-0.1, -0.05) is 103 Å². The average molecular weight is 601 g/mol. The molecule has 0 fully saturated rings. The summed E-state index contributed by atoms with van der Waals surface area (Å²) in [6.07, 6.45) is 3.72. The van der Waals surface area contributed by atoms with Gasteiger partial charge in [0.25, 0.3) is 0 Å². The quantitative estimate of drug-likeness (QED) is 0.202. The van der Waals surface area contributed by atoms with Crippen LogP contribution in [0.2, 0.25) is 0 Å². The fraction of sp³-hybridized carbons (Fsp3) is 0.0233. The van der Waals surface area contributed by atoms with E-state index in [1.54, 1.807) is 0 Å². The van der Waals surface area contributed by atoms with Crippen LogP contribution in [-0.4, -0.2) is 9.55 Å². The van der Waals surface area contributed by atoms with Gasteiger partial charge in [-0.05, 0) is 76.9 Å². The number of nitrogens with zero attached hydrogens (tertiary/aromatic N) is 4. The molecule has 47 heavy (non-hydrogen) atoms. The van der Waals surface area contributed by atoms with Crippen LogP contribution in [0.15, 0.2) is 170 Å². The molecule has 1 aliphatic rings. The van der Waals surface area contributed by atoms with E-state index < -0.39 is 5.41 Å². The summed E-state index contributed by atoms with van der Waals surface area (Å²) in [6, 6.07) is 58.4. The van der Waals surface area contributed by atoms with E-state index in [1.165, 1.54) is 22.3 Å². The van der Waals surface area contributed by atoms with Crippen molar-refractivity contribution in [1.82, 2.24) is 9.55 Å². The number of aromatic nitrogens is 2. The fourth-order valence-corrected chi connectivity index (χ4v) is 7.67. The van der Waals surface area contributed by atoms with Crippen molar-refractivity contribution in [3.63, 3.8) is 0 Å². The van der Waals surface area contributed by atoms with Gasteiger partial charge >= 0.3 is 0 Å². The molecule has 0 bridgehead atoms. The highest BCUT2D eigenvalue weighted by Crippen LogP contribution is 2.57. The largest absolute Gasteiger partial charge is 0.310 e. The molecular weight excluding hydrogens is 573 g/mol. The maximum Gasteiger partial charge on any atom is 0.0991 e. The molecule has 1 aliphatic heterocycles. The van der Waals surface area contributed by atoms with Gasteiger partial charge in [0.1, 0.15) is 0 Å². The van der Waals surface area contributed by atoms with Gasteiger partial charge in [0, 0.05) is 34.5 Å². The van der Waals surface area contributed by atoms with Gasteiger partial charge in [0.2, 0.25) is 0 Å². The van der Waals surface area contributed by atoms with Crippen LogP contribution in [0.1, 0.15) is 27.8 Å². The number of hydrogen-bond donors (Lipinski definition) is 0. The minimum atomic E-state index is -0.512. The maximum absolute atomic E-state index is 9.64. The second kappa shape index (κ2) is 10.6. The van der Waals surface area contributed by atoms with Gasteiger partial charge in [-0.3, -0.25) is 4.98 Å². The summed E-state index contributed by atoms with van der Waals surface area (Å²) in [5.74, 6) is 0. The van der Waals surface area contributed by atoms with E-state index >= 15 is 0 Å². The summed E-state index contributed by atoms with van der Waals surface area (Å²) in [5, 5.41) is 11.7. The Morgan fingerprint density at radius 3 is 1.79 bits per heavy atom. The zero-order valence-electron chi connectivity index (χ0n) is 25.5. The number of benzene rings is 6. The highest BCUT2D eigenvalue weighted by Gasteiger charge is 2.46. The van der Waals surface area contributed by atoms with Crippen LogP contribution in [0.5, 0.6) is 0 Å². The van der Waals surface area contributed by atoms with Crippen molar-refractivity contribution in [3.05, 3.63) is 198 Å². The SMILES string of the molecule is N#Cc1ccc2c(c1)c1cnccc1n2-c1cccc(N2c3ccccc3C(c3ccccc3)(c3ccccc3)c3ccccc32)c1. The summed E-state index contributed by atoms with van der Waals surface area (Å²) in [7, 11) is 0. The molecule has 4 nitrogen and oxygen atoms in total. The van der Waals surface area contributed by atoms with Crippen LogP contribution in [-0.2, 0) is 5.41 Å². The van der Waals surface area contributed by atoms with Gasteiger partial charge in [-0.25, -0.2) is 0 Å². The molecule has 0 radical (unpaired) electrons. The Bertz CT molecular complexity index is 2400. The molecule has 2 aromatic heterocycles. The molecule has 8 aromatic rings. The minimum Gasteiger partial charge on any atom is -0.310 e. The topological polar surface area (TPSA) is 44.9 Å². The summed E-state index contributed by atoms with van der Waals surface area (Å²) in [5.41, 5.74) is 11.5. The summed E-state index contributed by atoms with van der Waals surface area (Å²) in [6.45, 7) is 0. The summed E-state index contributed by atoms with van der Waals surface area (Å²) < 4.78 is 2.27. The minimum absolute atomic E-state index is 0.512. The van der Waals surface area contributed by atoms with Gasteiger partial charge < -0.3 is 9.47 Å². The van der Waals surface area contributed by atoms with Gasteiger partial charge in [0.15, 0.2) is 0 Å². The highest BCUT2D eigenvalue weighted by molar-refractivity contribution is 6.09. The Kier molecular flexibility index (Phi) is 6.06. The van der Waals surface area contributed by atoms with Crippen LogP contribution >= 0.6 is 0 Å². The monoisotopic (exact) mass is 600 g/mol. The summed E-state index contributed by atoms with van der Waals surface area (Å²) >= 11 is 0. The molecular formula is C43H28N4. The predicted molar refractivity (Wildman–Crippen MR) is 190 cm³/mol. The van der Waals surface area contributed by atoms with E-state index in [1.807, 2.05) is 36.7 Å². The highest BCUT2D eigenvalue weighted by atomic mass is 15.2. The number of nitriles is 1. The van der Waals surface area contributed by atoms with Crippen LogP contribution in [0.3, 0.4) is 0 Å². The maximum atomic E-state index is 9.64. The van der Waals surface area contributed by atoms with Crippen LogP contribution in [0.4, 0.5) is 17.1 Å². The molecule has 0 spiro atoms. The number of para-hydroxylation sites is 2. The first-order valence-electron chi connectivity index (χ1n) is 15.8. The lowest BCUT2D eigenvalue weighted by molar-refractivity contribution is 0.731. The predicted octanol–water partition coefficient (Wildman–Crippen LogP) is 10.2. The first-order valence-corrected chi connectivity index (χ1v) is 15.8. The number of rotatable bonds is 4. The van der Waals surface area contributed by atoms with E-state index in [-0.39, 0.29) is 0 Å². The Morgan fingerprint density at radius 2 is 1.13 bits per heavy atom. The molecule has 4 heteroatoms. The molecule has 0 saturated heterocycles. The normalized spacial score (nSPS) is 13.2. The van der Waals surface area contributed by atoms with Gasteiger partial charge in [0.05, 0.1) is 39.5 Å². The fourth-order valence-electron chi connectivity index (χ4n) is 7.67. The molecule has 0 atom stereocenters. The van der Waals surface area contributed by atoms with E-state index in [9.17, 15) is 5.26 Å². The lowest BCUT2D eigenvalue weighted by Gasteiger charge is -2.46. The molecule has 0 unspecified atom stereocenters. The standard InChI is InChI=1S/C43H28N4/c44-28-30-22-23-39-35(26-30)36-29-45-25-24-40(36)46(39)33-16-11-17-34(27-33)47-41-20-9-7-18-37(41)43(31-12-3-1-4-13-31,32-14-5-2-6-15-32)38-19-8-10-21-42(38)47/h1-27,29H. The number of pyridine rings is 1. The third-order valence-electron chi connectivity index (χ3n) is 9.55. The van der Waals surface area contributed by atoms with Crippen molar-refractivity contribution >= 4 is 38.9 Å². The summed E-state index contributed by atoms with van der Waals surface area (Å²) in [4.78, 5) is 6.83. The molecule has 6 aromatic carbocycles. The second-order valence-electron chi connectivity index (χ2n) is 11.9. The number of anilines is 3. The van der Waals surface area contributed by atoms with Gasteiger partial charge in [-0.15, -0.1) is 0 Å². The number of fused-ring (bicyclic) bond motifs is 5. The zero-order chi connectivity index (χ0) is 31.4. The lowest BCUT2D eigenvalue weighted by Crippen LogP contribution is -2.37. The van der Waals surface area contributed by atoms with Crippen molar-refractivity contribution in [2.75, 3.05) is 4.90 Å². The molecule has 220 valence electrons. The Labute approximate surface area is 273 Å². The van der Waals surface area contributed by atoms with Crippen molar-refractivity contribution in [3.8, 4) is 11.8 Å². The van der Waals surface area contributed by atoms with Gasteiger partial charge in [-0.2, -0.15) is 5.26 Å². The third kappa shape index (κ3) is 3.90. The zero-order valence-corrected chi connectivity index (χ0v) is 25.5. The van der Waals surface area contributed by atoms with E-state index in [0.717, 1.165) is 44.6 Å². The molecule has 0 aliphatic carbocycles. The van der Waals surface area contributed by atoms with Crippen molar-refractivity contribution < 1.29 is 0 Å². The van der Waals surface area contributed by atoms with Crippen molar-refractivity contribution in [2.24, 2.45) is 0 Å². The smallest absolute Gasteiger partial charge is 0.0991 e. The Hall–Kier alpha value is -6.44. The molecule has 0 amide bonds. The average Bonchev–Trinajstić information content (AvgIpc) is 3.48. The second-order valence-corrected chi connectivity index (χ2v) is 11.9. The van der Waals surface area contributed by atoms with E-state index in [0.29, 0.717) is 5.56 Å². The van der Waals surface area contributed by atoms with E-state index in [2.05, 4.69) is 154 Å². The lowest BCUT2D eigenvalue weighted by atomic mass is 9.62. The molecule has 0 N–H and O–H groups in total. The first kappa shape index (κ1) is 26.9.